The van der Waals surface area contributed by atoms with Crippen molar-refractivity contribution in [3.05, 3.63) is 17.5 Å². The normalized spacial score (nSPS) is 11.1. The lowest BCUT2D eigenvalue weighted by atomic mass is 10.2. The van der Waals surface area contributed by atoms with Gasteiger partial charge in [-0.25, -0.2) is 9.97 Å². The van der Waals surface area contributed by atoms with Gasteiger partial charge in [0.25, 0.3) is 0 Å². The average Bonchev–Trinajstić information content (AvgIpc) is 2.38. The Hall–Kier alpha value is -1.20. The highest BCUT2D eigenvalue weighted by Crippen LogP contribution is 2.13. The van der Waals surface area contributed by atoms with Gasteiger partial charge in [-0.3, -0.25) is 0 Å². The topological polar surface area (TPSA) is 50.3 Å². The molecule has 1 rings (SSSR count). The van der Waals surface area contributed by atoms with E-state index in [1.54, 1.807) is 7.11 Å². The second-order valence-electron chi connectivity index (χ2n) is 4.84. The van der Waals surface area contributed by atoms with Crippen LogP contribution in [0.3, 0.4) is 0 Å². The number of aromatic nitrogens is 2. The maximum Gasteiger partial charge on any atom is 0.225 e. The van der Waals surface area contributed by atoms with Crippen LogP contribution >= 0.6 is 0 Å². The second-order valence-corrected chi connectivity index (χ2v) is 4.84. The monoisotopic (exact) mass is 266 g/mol. The molecular formula is C14H26N4O. The molecule has 0 atom stereocenters. The fraction of sp³-hybridized carbons (Fsp3) is 0.714. The Kier molecular flexibility index (Phi) is 6.73. The highest BCUT2D eigenvalue weighted by molar-refractivity contribution is 5.34. The molecule has 1 N–H and O–H groups in total. The molecule has 0 radical (unpaired) electrons. The Bertz CT molecular complexity index is 382. The lowest BCUT2D eigenvalue weighted by Crippen LogP contribution is -2.35. The van der Waals surface area contributed by atoms with Crippen molar-refractivity contribution in [3.8, 4) is 0 Å². The van der Waals surface area contributed by atoms with Gasteiger partial charge < -0.3 is 15.0 Å². The molecule has 0 aromatic carbocycles. The first-order chi connectivity index (χ1) is 9.10. The Balaban J connectivity index is 2.83. The molecule has 0 aliphatic rings. The van der Waals surface area contributed by atoms with Crippen LogP contribution in [0.5, 0.6) is 0 Å². The number of aryl methyl sites for hydroxylation is 1. The summed E-state index contributed by atoms with van der Waals surface area (Å²) < 4.78 is 5.14. The van der Waals surface area contributed by atoms with E-state index in [2.05, 4.69) is 41.0 Å². The summed E-state index contributed by atoms with van der Waals surface area (Å²) in [5, 5.41) is 3.30. The summed E-state index contributed by atoms with van der Waals surface area (Å²) in [6, 6.07) is 0.356. The summed E-state index contributed by atoms with van der Waals surface area (Å²) in [6.45, 7) is 11.7. The van der Waals surface area contributed by atoms with Crippen LogP contribution in [0, 0.1) is 6.92 Å². The van der Waals surface area contributed by atoms with E-state index in [0.29, 0.717) is 12.6 Å². The second kappa shape index (κ2) is 8.07. The molecule has 0 spiro atoms. The first-order valence-electron chi connectivity index (χ1n) is 6.89. The quantitative estimate of drug-likeness (QED) is 0.777. The van der Waals surface area contributed by atoms with Crippen LogP contribution < -0.4 is 10.2 Å². The maximum absolute atomic E-state index is 5.14. The van der Waals surface area contributed by atoms with Crippen molar-refractivity contribution in [2.75, 3.05) is 31.7 Å². The van der Waals surface area contributed by atoms with E-state index < -0.39 is 0 Å². The Morgan fingerprint density at radius 3 is 2.68 bits per heavy atom. The third-order valence-electron chi connectivity index (χ3n) is 3.05. The van der Waals surface area contributed by atoms with Crippen LogP contribution in [-0.2, 0) is 11.3 Å². The fourth-order valence-electron chi connectivity index (χ4n) is 1.83. The molecule has 0 saturated heterocycles. The Morgan fingerprint density at radius 1 is 1.42 bits per heavy atom. The molecule has 0 bridgehead atoms. The van der Waals surface area contributed by atoms with Crippen molar-refractivity contribution < 1.29 is 4.74 Å². The zero-order valence-corrected chi connectivity index (χ0v) is 12.7. The van der Waals surface area contributed by atoms with Gasteiger partial charge in [-0.2, -0.15) is 0 Å². The van der Waals surface area contributed by atoms with Crippen molar-refractivity contribution in [1.29, 1.82) is 0 Å². The van der Waals surface area contributed by atoms with E-state index in [4.69, 9.17) is 4.74 Å². The summed E-state index contributed by atoms with van der Waals surface area (Å²) in [5.41, 5.74) is 2.19. The molecule has 108 valence electrons. The van der Waals surface area contributed by atoms with Crippen LogP contribution in [0.15, 0.2) is 6.20 Å². The van der Waals surface area contributed by atoms with Gasteiger partial charge in [-0.05, 0) is 27.3 Å². The summed E-state index contributed by atoms with van der Waals surface area (Å²) in [6.07, 6.45) is 1.92. The van der Waals surface area contributed by atoms with Crippen LogP contribution in [0.4, 0.5) is 5.95 Å². The lowest BCUT2D eigenvalue weighted by molar-refractivity contribution is 0.203. The van der Waals surface area contributed by atoms with Crippen molar-refractivity contribution in [3.63, 3.8) is 0 Å². The minimum atomic E-state index is 0.356. The summed E-state index contributed by atoms with van der Waals surface area (Å²) in [4.78, 5) is 11.3. The SMILES string of the molecule is CCNCc1cnc(N(CCOC)C(C)C)nc1C. The zero-order chi connectivity index (χ0) is 14.3. The van der Waals surface area contributed by atoms with Gasteiger partial charge in [0.05, 0.1) is 6.61 Å². The molecular weight excluding hydrogens is 240 g/mol. The number of nitrogens with one attached hydrogen (secondary N) is 1. The lowest BCUT2D eigenvalue weighted by Gasteiger charge is -2.26. The van der Waals surface area contributed by atoms with E-state index in [9.17, 15) is 0 Å². The van der Waals surface area contributed by atoms with E-state index >= 15 is 0 Å². The number of hydrogen-bond donors (Lipinski definition) is 1. The van der Waals surface area contributed by atoms with Crippen molar-refractivity contribution >= 4 is 5.95 Å². The van der Waals surface area contributed by atoms with Crippen LogP contribution in [0.25, 0.3) is 0 Å². The molecule has 5 heteroatoms. The summed E-state index contributed by atoms with van der Waals surface area (Å²) in [7, 11) is 1.71. The minimum Gasteiger partial charge on any atom is -0.383 e. The highest BCUT2D eigenvalue weighted by atomic mass is 16.5. The Morgan fingerprint density at radius 2 is 2.16 bits per heavy atom. The van der Waals surface area contributed by atoms with Gasteiger partial charge >= 0.3 is 0 Å². The van der Waals surface area contributed by atoms with Gasteiger partial charge in [0.1, 0.15) is 0 Å². The third kappa shape index (κ3) is 4.76. The van der Waals surface area contributed by atoms with Gasteiger partial charge in [0.2, 0.25) is 5.95 Å². The standard InChI is InChI=1S/C14H26N4O/c1-6-15-9-13-10-16-14(17-12(13)4)18(11(2)3)7-8-19-5/h10-11,15H,6-9H2,1-5H3. The number of ether oxygens (including phenoxy) is 1. The average molecular weight is 266 g/mol. The predicted molar refractivity (Wildman–Crippen MR) is 78.5 cm³/mol. The molecule has 1 aromatic rings. The Labute approximate surface area is 116 Å². The first kappa shape index (κ1) is 15.9. The molecule has 0 unspecified atom stereocenters. The maximum atomic E-state index is 5.14. The third-order valence-corrected chi connectivity index (χ3v) is 3.05. The summed E-state index contributed by atoms with van der Waals surface area (Å²) >= 11 is 0. The molecule has 0 aliphatic heterocycles. The molecule has 1 aromatic heterocycles. The number of methoxy groups -OCH3 is 1. The molecule has 0 saturated carbocycles. The van der Waals surface area contributed by atoms with Gasteiger partial charge in [0.15, 0.2) is 0 Å². The van der Waals surface area contributed by atoms with E-state index in [1.165, 1.54) is 0 Å². The molecule has 0 amide bonds. The van der Waals surface area contributed by atoms with Crippen molar-refractivity contribution in [2.45, 2.75) is 40.3 Å². The predicted octanol–water partition coefficient (Wildman–Crippen LogP) is 1.76. The molecule has 1 heterocycles. The smallest absolute Gasteiger partial charge is 0.225 e. The van der Waals surface area contributed by atoms with Gasteiger partial charge in [0, 0.05) is 43.7 Å². The van der Waals surface area contributed by atoms with Crippen LogP contribution in [0.1, 0.15) is 32.0 Å². The number of rotatable bonds is 8. The highest BCUT2D eigenvalue weighted by Gasteiger charge is 2.14. The summed E-state index contributed by atoms with van der Waals surface area (Å²) in [5.74, 6) is 0.782. The van der Waals surface area contributed by atoms with Gasteiger partial charge in [-0.15, -0.1) is 0 Å². The van der Waals surface area contributed by atoms with E-state index in [-0.39, 0.29) is 0 Å². The van der Waals surface area contributed by atoms with Crippen molar-refractivity contribution in [1.82, 2.24) is 15.3 Å². The van der Waals surface area contributed by atoms with E-state index in [1.807, 2.05) is 13.1 Å². The minimum absolute atomic E-state index is 0.356. The molecule has 0 fully saturated rings. The number of anilines is 1. The van der Waals surface area contributed by atoms with E-state index in [0.717, 1.165) is 36.8 Å². The molecule has 0 aliphatic carbocycles. The zero-order valence-electron chi connectivity index (χ0n) is 12.7. The van der Waals surface area contributed by atoms with Crippen molar-refractivity contribution in [2.24, 2.45) is 0 Å². The number of nitrogens with zero attached hydrogens (tertiary/aromatic N) is 3. The van der Waals surface area contributed by atoms with Crippen LogP contribution in [0.2, 0.25) is 0 Å². The van der Waals surface area contributed by atoms with Crippen LogP contribution in [-0.4, -0.2) is 42.8 Å². The molecule has 19 heavy (non-hydrogen) atoms. The van der Waals surface area contributed by atoms with Gasteiger partial charge in [-0.1, -0.05) is 6.92 Å². The first-order valence-corrected chi connectivity index (χ1v) is 6.89. The fourth-order valence-corrected chi connectivity index (χ4v) is 1.83. The molecule has 5 nitrogen and oxygen atoms in total. The number of hydrogen-bond acceptors (Lipinski definition) is 5. The largest absolute Gasteiger partial charge is 0.383 e.